The molecule has 0 unspecified atom stereocenters. The van der Waals surface area contributed by atoms with Gasteiger partial charge in [0.1, 0.15) is 29.4 Å². The SMILES string of the molecule is CC(C)(C)OC(=O)NCC(=O)N1[C@@H](c2c(F)cccc2Cl)SC[C@H]1C(=O)O. The van der Waals surface area contributed by atoms with E-state index in [-0.39, 0.29) is 16.3 Å². The van der Waals surface area contributed by atoms with Gasteiger partial charge in [-0.3, -0.25) is 4.79 Å². The Kier molecular flexibility index (Phi) is 6.59. The van der Waals surface area contributed by atoms with E-state index in [0.29, 0.717) is 0 Å². The highest BCUT2D eigenvalue weighted by Crippen LogP contribution is 2.44. The first kappa shape index (κ1) is 21.3. The summed E-state index contributed by atoms with van der Waals surface area (Å²) in [6, 6.07) is 2.92. The van der Waals surface area contributed by atoms with Crippen molar-refractivity contribution < 1.29 is 28.6 Å². The van der Waals surface area contributed by atoms with E-state index in [1.54, 1.807) is 20.8 Å². The fourth-order valence-corrected chi connectivity index (χ4v) is 4.35. The molecule has 7 nitrogen and oxygen atoms in total. The van der Waals surface area contributed by atoms with E-state index in [1.807, 2.05) is 0 Å². The molecular formula is C17H20ClFN2O5S. The van der Waals surface area contributed by atoms with Gasteiger partial charge >= 0.3 is 12.1 Å². The molecule has 2 N–H and O–H groups in total. The number of nitrogens with zero attached hydrogens (tertiary/aromatic N) is 1. The topological polar surface area (TPSA) is 95.9 Å². The third-order valence-electron chi connectivity index (χ3n) is 3.60. The summed E-state index contributed by atoms with van der Waals surface area (Å²) in [5.41, 5.74) is -0.706. The van der Waals surface area contributed by atoms with Gasteiger partial charge in [0.2, 0.25) is 5.91 Å². The average molecular weight is 419 g/mol. The normalized spacial score (nSPS) is 19.7. The third-order valence-corrected chi connectivity index (χ3v) is 5.22. The number of ether oxygens (including phenoxy) is 1. The Labute approximate surface area is 165 Å². The van der Waals surface area contributed by atoms with Crippen LogP contribution in [-0.4, -0.2) is 51.9 Å². The fraction of sp³-hybridized carbons (Fsp3) is 0.471. The zero-order valence-corrected chi connectivity index (χ0v) is 16.6. The number of hydrogen-bond donors (Lipinski definition) is 2. The molecule has 1 aliphatic rings. The van der Waals surface area contributed by atoms with Gasteiger partial charge in [-0.15, -0.1) is 11.8 Å². The van der Waals surface area contributed by atoms with E-state index in [0.717, 1.165) is 16.7 Å². The number of alkyl carbamates (subject to hydrolysis) is 1. The summed E-state index contributed by atoms with van der Waals surface area (Å²) in [6.45, 7) is 4.52. The predicted octanol–water partition coefficient (Wildman–Crippen LogP) is 3.03. The second-order valence-electron chi connectivity index (χ2n) is 6.83. The Morgan fingerprint density at radius 3 is 2.63 bits per heavy atom. The van der Waals surface area contributed by atoms with Crippen LogP contribution in [0.4, 0.5) is 9.18 Å². The number of carboxylic acid groups (broad SMARTS) is 1. The molecule has 2 rings (SSSR count). The van der Waals surface area contributed by atoms with Crippen LogP contribution >= 0.6 is 23.4 Å². The van der Waals surface area contributed by atoms with Crippen molar-refractivity contribution >= 4 is 41.3 Å². The lowest BCUT2D eigenvalue weighted by Crippen LogP contribution is -2.48. The highest BCUT2D eigenvalue weighted by atomic mass is 35.5. The van der Waals surface area contributed by atoms with E-state index in [9.17, 15) is 23.9 Å². The molecule has 0 spiro atoms. The van der Waals surface area contributed by atoms with Gasteiger partial charge in [0.25, 0.3) is 0 Å². The van der Waals surface area contributed by atoms with Crippen LogP contribution in [0.25, 0.3) is 0 Å². The molecule has 1 aromatic carbocycles. The van der Waals surface area contributed by atoms with Crippen molar-refractivity contribution in [2.75, 3.05) is 12.3 Å². The summed E-state index contributed by atoms with van der Waals surface area (Å²) in [4.78, 5) is 37.0. The van der Waals surface area contributed by atoms with Crippen LogP contribution in [0.5, 0.6) is 0 Å². The van der Waals surface area contributed by atoms with Crippen molar-refractivity contribution in [3.8, 4) is 0 Å². The van der Waals surface area contributed by atoms with E-state index in [4.69, 9.17) is 16.3 Å². The van der Waals surface area contributed by atoms with Crippen LogP contribution in [0.15, 0.2) is 18.2 Å². The molecule has 1 saturated heterocycles. The Morgan fingerprint density at radius 1 is 1.41 bits per heavy atom. The van der Waals surface area contributed by atoms with Crippen LogP contribution in [0, 0.1) is 5.82 Å². The number of nitrogens with one attached hydrogen (secondary N) is 1. The molecule has 0 saturated carbocycles. The third kappa shape index (κ3) is 5.26. The number of thioether (sulfide) groups is 1. The molecule has 2 atom stereocenters. The molecule has 0 aromatic heterocycles. The van der Waals surface area contributed by atoms with Crippen molar-refractivity contribution in [1.29, 1.82) is 0 Å². The second-order valence-corrected chi connectivity index (χ2v) is 8.35. The van der Waals surface area contributed by atoms with Gasteiger partial charge in [0.05, 0.1) is 0 Å². The molecule has 0 bridgehead atoms. The van der Waals surface area contributed by atoms with Crippen molar-refractivity contribution in [3.63, 3.8) is 0 Å². The standard InChI is InChI=1S/C17H20ClFN2O5S/c1-17(2,3)26-16(25)20-7-12(22)21-11(15(23)24)8-27-14(21)13-9(18)5-4-6-10(13)19/h4-6,11,14H,7-8H2,1-3H3,(H,20,25)(H,23,24)/t11-,14+/m0/s1. The first-order valence-corrected chi connectivity index (χ1v) is 9.50. The largest absolute Gasteiger partial charge is 0.480 e. The number of carbonyl (C=O) groups excluding carboxylic acids is 2. The van der Waals surface area contributed by atoms with Gasteiger partial charge in [-0.2, -0.15) is 0 Å². The summed E-state index contributed by atoms with van der Waals surface area (Å²) in [7, 11) is 0. The van der Waals surface area contributed by atoms with E-state index in [1.165, 1.54) is 18.2 Å². The number of amides is 2. The summed E-state index contributed by atoms with van der Waals surface area (Å²) in [6.07, 6.45) is -0.810. The van der Waals surface area contributed by atoms with Crippen LogP contribution in [0.3, 0.4) is 0 Å². The number of aliphatic carboxylic acids is 1. The minimum Gasteiger partial charge on any atom is -0.480 e. The van der Waals surface area contributed by atoms with Crippen molar-refractivity contribution in [2.45, 2.75) is 37.8 Å². The van der Waals surface area contributed by atoms with Crippen molar-refractivity contribution in [1.82, 2.24) is 10.2 Å². The molecule has 0 radical (unpaired) electrons. The molecule has 2 amide bonds. The molecule has 10 heteroatoms. The van der Waals surface area contributed by atoms with Crippen LogP contribution in [-0.2, 0) is 14.3 Å². The zero-order valence-electron chi connectivity index (χ0n) is 15.0. The molecule has 148 valence electrons. The number of benzene rings is 1. The van der Waals surface area contributed by atoms with Gasteiger partial charge < -0.3 is 20.1 Å². The first-order valence-electron chi connectivity index (χ1n) is 8.07. The summed E-state index contributed by atoms with van der Waals surface area (Å²) >= 11 is 7.18. The van der Waals surface area contributed by atoms with Crippen molar-refractivity contribution in [2.24, 2.45) is 0 Å². The lowest BCUT2D eigenvalue weighted by atomic mass is 10.1. The minimum absolute atomic E-state index is 0.0403. The Balaban J connectivity index is 2.21. The number of halogens is 2. The van der Waals surface area contributed by atoms with Gasteiger partial charge in [0.15, 0.2) is 0 Å². The maximum absolute atomic E-state index is 14.3. The quantitative estimate of drug-likeness (QED) is 0.780. The van der Waals surface area contributed by atoms with E-state index < -0.39 is 47.3 Å². The monoisotopic (exact) mass is 418 g/mol. The first-order chi connectivity index (χ1) is 12.5. The van der Waals surface area contributed by atoms with Crippen LogP contribution in [0.2, 0.25) is 5.02 Å². The number of rotatable bonds is 4. The second kappa shape index (κ2) is 8.35. The maximum Gasteiger partial charge on any atom is 0.408 e. The molecule has 1 aliphatic heterocycles. The molecular weight excluding hydrogens is 399 g/mol. The van der Waals surface area contributed by atoms with Crippen molar-refractivity contribution in [3.05, 3.63) is 34.6 Å². The molecule has 27 heavy (non-hydrogen) atoms. The number of carbonyl (C=O) groups is 3. The summed E-state index contributed by atoms with van der Waals surface area (Å²) < 4.78 is 19.3. The zero-order chi connectivity index (χ0) is 20.4. The van der Waals surface area contributed by atoms with E-state index in [2.05, 4.69) is 5.32 Å². The number of hydrogen-bond acceptors (Lipinski definition) is 5. The van der Waals surface area contributed by atoms with Crippen LogP contribution in [0.1, 0.15) is 31.7 Å². The lowest BCUT2D eigenvalue weighted by Gasteiger charge is -2.28. The van der Waals surface area contributed by atoms with Gasteiger partial charge in [-0.1, -0.05) is 17.7 Å². The smallest absolute Gasteiger partial charge is 0.408 e. The Hall–Kier alpha value is -2.00. The fourth-order valence-electron chi connectivity index (χ4n) is 2.52. The van der Waals surface area contributed by atoms with Gasteiger partial charge in [0, 0.05) is 16.3 Å². The summed E-state index contributed by atoms with van der Waals surface area (Å²) in [5, 5.41) is 10.9. The average Bonchev–Trinajstić information content (AvgIpc) is 2.95. The Bertz CT molecular complexity index is 735. The molecule has 1 fully saturated rings. The predicted molar refractivity (Wildman–Crippen MR) is 99.1 cm³/mol. The highest BCUT2D eigenvalue weighted by molar-refractivity contribution is 7.99. The molecule has 0 aliphatic carbocycles. The molecule has 1 aromatic rings. The van der Waals surface area contributed by atoms with Gasteiger partial charge in [-0.25, -0.2) is 14.0 Å². The van der Waals surface area contributed by atoms with Gasteiger partial charge in [-0.05, 0) is 32.9 Å². The number of carboxylic acids is 1. The maximum atomic E-state index is 14.3. The minimum atomic E-state index is -1.22. The molecule has 1 heterocycles. The summed E-state index contributed by atoms with van der Waals surface area (Å²) in [5.74, 6) is -2.46. The van der Waals surface area contributed by atoms with E-state index >= 15 is 0 Å². The lowest BCUT2D eigenvalue weighted by molar-refractivity contribution is -0.148. The highest BCUT2D eigenvalue weighted by Gasteiger charge is 2.44. The van der Waals surface area contributed by atoms with Crippen LogP contribution < -0.4 is 5.32 Å². The Morgan fingerprint density at radius 2 is 2.07 bits per heavy atom.